The van der Waals surface area contributed by atoms with Crippen molar-refractivity contribution in [1.82, 2.24) is 9.80 Å². The first kappa shape index (κ1) is 23.8. The molecule has 0 unspecified atom stereocenters. The summed E-state index contributed by atoms with van der Waals surface area (Å²) >= 11 is 1.69. The fourth-order valence-corrected chi connectivity index (χ4v) is 4.90. The number of rotatable bonds is 10. The molecule has 1 heterocycles. The second-order valence-electron chi connectivity index (χ2n) is 8.45. The van der Waals surface area contributed by atoms with E-state index in [9.17, 15) is 9.59 Å². The highest BCUT2D eigenvalue weighted by Gasteiger charge is 2.37. The third kappa shape index (κ3) is 5.59. The maximum atomic E-state index is 13.7. The molecular weight excluding hydrogens is 448 g/mol. The number of benzene rings is 2. The van der Waals surface area contributed by atoms with Crippen LogP contribution < -0.4 is 9.47 Å². The molecule has 178 valence electrons. The number of hydrogen-bond acceptors (Lipinski definition) is 5. The maximum Gasteiger partial charge on any atom is 0.262 e. The minimum Gasteiger partial charge on any atom is -0.496 e. The highest BCUT2D eigenvalue weighted by atomic mass is 32.1. The summed E-state index contributed by atoms with van der Waals surface area (Å²) < 4.78 is 10.9. The number of ether oxygens (including phenoxy) is 2. The molecule has 6 nitrogen and oxygen atoms in total. The van der Waals surface area contributed by atoms with Crippen molar-refractivity contribution in [1.29, 1.82) is 0 Å². The average Bonchev–Trinajstić information content (AvgIpc) is 3.62. The van der Waals surface area contributed by atoms with Crippen molar-refractivity contribution in [3.63, 3.8) is 0 Å². The Hall–Kier alpha value is -3.32. The van der Waals surface area contributed by atoms with Crippen LogP contribution in [0, 0.1) is 6.92 Å². The van der Waals surface area contributed by atoms with Crippen LogP contribution in [0.25, 0.3) is 0 Å². The topological polar surface area (TPSA) is 59.1 Å². The third-order valence-electron chi connectivity index (χ3n) is 5.91. The van der Waals surface area contributed by atoms with Gasteiger partial charge in [0, 0.05) is 22.3 Å². The number of aryl methyl sites for hydroxylation is 1. The van der Waals surface area contributed by atoms with Gasteiger partial charge < -0.3 is 19.3 Å². The fraction of sp³-hybridized carbons (Fsp3) is 0.333. The molecule has 0 saturated heterocycles. The van der Waals surface area contributed by atoms with Crippen molar-refractivity contribution in [2.75, 3.05) is 20.8 Å². The first-order chi connectivity index (χ1) is 16.5. The molecule has 0 radical (unpaired) electrons. The second-order valence-corrected chi connectivity index (χ2v) is 9.82. The van der Waals surface area contributed by atoms with Crippen molar-refractivity contribution in [2.24, 2.45) is 0 Å². The molecule has 0 spiro atoms. The molecule has 2 aromatic carbocycles. The van der Waals surface area contributed by atoms with Crippen LogP contribution in [-0.2, 0) is 17.9 Å². The summed E-state index contributed by atoms with van der Waals surface area (Å²) in [6.45, 7) is 3.08. The first-order valence-corrected chi connectivity index (χ1v) is 12.2. The SMILES string of the molecule is COc1cccc(OC)c1C(=O)N(CC(=O)N(Cc1ccccc1)Cc1ccc(C)s1)C1CC1. The number of hydrogen-bond donors (Lipinski definition) is 0. The Morgan fingerprint density at radius 3 is 2.15 bits per heavy atom. The van der Waals surface area contributed by atoms with Crippen LogP contribution in [0.2, 0.25) is 0 Å². The van der Waals surface area contributed by atoms with E-state index in [4.69, 9.17) is 9.47 Å². The van der Waals surface area contributed by atoms with Crippen molar-refractivity contribution < 1.29 is 19.1 Å². The normalized spacial score (nSPS) is 12.8. The summed E-state index contributed by atoms with van der Waals surface area (Å²) in [6, 6.07) is 19.4. The molecule has 1 aliphatic rings. The molecule has 0 bridgehead atoms. The zero-order chi connectivity index (χ0) is 24.1. The Morgan fingerprint density at radius 2 is 1.59 bits per heavy atom. The predicted octanol–water partition coefficient (Wildman–Crippen LogP) is 4.91. The summed E-state index contributed by atoms with van der Waals surface area (Å²) in [5.41, 5.74) is 1.41. The van der Waals surface area contributed by atoms with Crippen molar-refractivity contribution in [2.45, 2.75) is 38.9 Å². The maximum absolute atomic E-state index is 13.7. The third-order valence-corrected chi connectivity index (χ3v) is 6.89. The van der Waals surface area contributed by atoms with Crippen LogP contribution in [0.3, 0.4) is 0 Å². The largest absolute Gasteiger partial charge is 0.496 e. The number of nitrogens with zero attached hydrogens (tertiary/aromatic N) is 2. The summed E-state index contributed by atoms with van der Waals surface area (Å²) in [4.78, 5) is 33.1. The predicted molar refractivity (Wildman–Crippen MR) is 133 cm³/mol. The molecule has 1 aromatic heterocycles. The molecule has 1 saturated carbocycles. The van der Waals surface area contributed by atoms with E-state index in [2.05, 4.69) is 19.1 Å². The minimum absolute atomic E-state index is 0.0158. The molecular formula is C27H30N2O4S. The number of carbonyl (C=O) groups is 2. The number of methoxy groups -OCH3 is 2. The van der Waals surface area contributed by atoms with Crippen molar-refractivity contribution in [3.05, 3.63) is 81.5 Å². The molecule has 3 aromatic rings. The van der Waals surface area contributed by atoms with E-state index >= 15 is 0 Å². The van der Waals surface area contributed by atoms with E-state index in [0.29, 0.717) is 30.2 Å². The van der Waals surface area contributed by atoms with E-state index in [-0.39, 0.29) is 24.4 Å². The van der Waals surface area contributed by atoms with Crippen LogP contribution in [0.15, 0.2) is 60.7 Å². The zero-order valence-corrected chi connectivity index (χ0v) is 20.6. The van der Waals surface area contributed by atoms with Gasteiger partial charge in [-0.2, -0.15) is 0 Å². The Bertz CT molecular complexity index is 1120. The summed E-state index contributed by atoms with van der Waals surface area (Å²) in [7, 11) is 3.06. The molecule has 1 fully saturated rings. The monoisotopic (exact) mass is 478 g/mol. The quantitative estimate of drug-likeness (QED) is 0.416. The zero-order valence-electron chi connectivity index (χ0n) is 19.8. The molecule has 7 heteroatoms. The van der Waals surface area contributed by atoms with E-state index in [1.54, 1.807) is 34.4 Å². The summed E-state index contributed by atoms with van der Waals surface area (Å²) in [5.74, 6) is 0.566. The number of carbonyl (C=O) groups excluding carboxylic acids is 2. The smallest absolute Gasteiger partial charge is 0.262 e. The van der Waals surface area contributed by atoms with Gasteiger partial charge in [0.05, 0.1) is 20.8 Å². The van der Waals surface area contributed by atoms with Gasteiger partial charge >= 0.3 is 0 Å². The number of amides is 2. The summed E-state index contributed by atoms with van der Waals surface area (Å²) in [6.07, 6.45) is 1.78. The van der Waals surface area contributed by atoms with Crippen molar-refractivity contribution in [3.8, 4) is 11.5 Å². The van der Waals surface area contributed by atoms with Crippen LogP contribution in [0.5, 0.6) is 11.5 Å². The van der Waals surface area contributed by atoms with E-state index in [0.717, 1.165) is 23.3 Å². The molecule has 0 atom stereocenters. The van der Waals surface area contributed by atoms with Gasteiger partial charge in [0.15, 0.2) is 0 Å². The van der Waals surface area contributed by atoms with E-state index in [1.165, 1.54) is 19.1 Å². The van der Waals surface area contributed by atoms with Gasteiger partial charge in [0.25, 0.3) is 5.91 Å². The minimum atomic E-state index is -0.239. The van der Waals surface area contributed by atoms with Gasteiger partial charge in [-0.1, -0.05) is 36.4 Å². The Morgan fingerprint density at radius 1 is 0.912 bits per heavy atom. The van der Waals surface area contributed by atoms with Crippen LogP contribution >= 0.6 is 11.3 Å². The first-order valence-electron chi connectivity index (χ1n) is 11.4. The van der Waals surface area contributed by atoms with E-state index in [1.807, 2.05) is 35.2 Å². The number of thiophene rings is 1. The standard InChI is InChI=1S/C27H30N2O4S/c1-19-12-15-22(34-19)17-28(16-20-8-5-4-6-9-20)25(30)18-29(21-13-14-21)27(31)26-23(32-2)10-7-11-24(26)33-3/h4-12,15,21H,13-14,16-18H2,1-3H3. The fourth-order valence-electron chi connectivity index (χ4n) is 4.00. The average molecular weight is 479 g/mol. The molecule has 34 heavy (non-hydrogen) atoms. The Balaban J connectivity index is 1.59. The lowest BCUT2D eigenvalue weighted by molar-refractivity contribution is -0.133. The van der Waals surface area contributed by atoms with Gasteiger partial charge in [0.1, 0.15) is 23.6 Å². The van der Waals surface area contributed by atoms with Gasteiger partial charge in [-0.25, -0.2) is 0 Å². The highest BCUT2D eigenvalue weighted by Crippen LogP contribution is 2.34. The second kappa shape index (κ2) is 10.7. The molecule has 0 aliphatic heterocycles. The lowest BCUT2D eigenvalue weighted by Gasteiger charge is -2.28. The Kier molecular flexibility index (Phi) is 7.53. The van der Waals surface area contributed by atoms with Crippen LogP contribution in [-0.4, -0.2) is 48.4 Å². The van der Waals surface area contributed by atoms with Gasteiger partial charge in [-0.3, -0.25) is 9.59 Å². The van der Waals surface area contributed by atoms with Gasteiger partial charge in [0.2, 0.25) is 5.91 Å². The van der Waals surface area contributed by atoms with Gasteiger partial charge in [-0.05, 0) is 49.6 Å². The van der Waals surface area contributed by atoms with Crippen LogP contribution in [0.1, 0.15) is 38.5 Å². The lowest BCUT2D eigenvalue weighted by Crippen LogP contribution is -2.43. The Labute approximate surface area is 204 Å². The molecule has 0 N–H and O–H groups in total. The molecule has 2 amide bonds. The molecule has 4 rings (SSSR count). The van der Waals surface area contributed by atoms with E-state index < -0.39 is 0 Å². The van der Waals surface area contributed by atoms with Crippen LogP contribution in [0.4, 0.5) is 0 Å². The summed E-state index contributed by atoms with van der Waals surface area (Å²) in [5, 5.41) is 0. The highest BCUT2D eigenvalue weighted by molar-refractivity contribution is 7.11. The van der Waals surface area contributed by atoms with Crippen molar-refractivity contribution >= 4 is 23.2 Å². The van der Waals surface area contributed by atoms with Gasteiger partial charge in [-0.15, -0.1) is 11.3 Å². The molecule has 1 aliphatic carbocycles. The lowest BCUT2D eigenvalue weighted by atomic mass is 10.1.